The van der Waals surface area contributed by atoms with Gasteiger partial charge in [0.05, 0.1) is 0 Å². The number of rotatable bonds is 6. The Hall–Kier alpha value is -1.57. The highest BCUT2D eigenvalue weighted by atomic mass is 32.1. The van der Waals surface area contributed by atoms with Gasteiger partial charge in [-0.2, -0.15) is 35.1 Å². The van der Waals surface area contributed by atoms with Gasteiger partial charge in [-0.3, -0.25) is 4.79 Å². The Bertz CT molecular complexity index is 497. The molecule has 14 heteroatoms. The highest BCUT2D eigenvalue weighted by Gasteiger charge is 2.66. The summed E-state index contributed by atoms with van der Waals surface area (Å²) >= 11 is 2.49. The van der Waals surface area contributed by atoms with Crippen LogP contribution in [0.2, 0.25) is 0 Å². The molecule has 1 atom stereocenters. The number of esters is 1. The van der Waals surface area contributed by atoms with Crippen molar-refractivity contribution in [1.82, 2.24) is 0 Å². The molecule has 0 heterocycles. The van der Waals surface area contributed by atoms with Crippen LogP contribution in [0.1, 0.15) is 0 Å². The minimum Gasteiger partial charge on any atom is -0.412 e. The molecule has 0 aliphatic carbocycles. The number of nitrogens with two attached hydrogens (primary N) is 1. The highest BCUT2D eigenvalue weighted by molar-refractivity contribution is 7.81. The SMILES string of the molecule is C=C(C(=O)OC(OCC(F)(F)S)(C(N)=O)C(F)(F)F)C(F)(F)F. The Kier molecular flexibility index (Phi) is 6.06. The summed E-state index contributed by atoms with van der Waals surface area (Å²) in [6.45, 7) is -0.137. The molecule has 0 spiro atoms. The van der Waals surface area contributed by atoms with E-state index in [9.17, 15) is 44.7 Å². The summed E-state index contributed by atoms with van der Waals surface area (Å²) in [5.74, 6) is -10.4. The number of amides is 1. The van der Waals surface area contributed by atoms with Gasteiger partial charge in [0.15, 0.2) is 0 Å². The second kappa shape index (κ2) is 6.51. The zero-order chi connectivity index (χ0) is 18.9. The topological polar surface area (TPSA) is 78.6 Å². The molecule has 0 saturated heterocycles. The number of carbonyl (C=O) groups excluding carboxylic acids is 2. The Balaban J connectivity index is 5.73. The third-order valence-electron chi connectivity index (χ3n) is 1.97. The Morgan fingerprint density at radius 1 is 1.04 bits per heavy atom. The van der Waals surface area contributed by atoms with Crippen LogP contribution in [0.15, 0.2) is 12.2 Å². The van der Waals surface area contributed by atoms with E-state index >= 15 is 0 Å². The first kappa shape index (κ1) is 21.4. The average Bonchev–Trinajstić information content (AvgIpc) is 2.28. The molecule has 0 aromatic heterocycles. The average molecular weight is 377 g/mol. The molecule has 1 unspecified atom stereocenters. The molecule has 0 aliphatic rings. The van der Waals surface area contributed by atoms with Gasteiger partial charge >= 0.3 is 35.3 Å². The van der Waals surface area contributed by atoms with Gasteiger partial charge in [-0.25, -0.2) is 4.79 Å². The van der Waals surface area contributed by atoms with E-state index in [0.29, 0.717) is 0 Å². The highest BCUT2D eigenvalue weighted by Crippen LogP contribution is 2.38. The predicted octanol–water partition coefficient (Wildman–Crippen LogP) is 1.93. The first-order valence-electron chi connectivity index (χ1n) is 5.04. The van der Waals surface area contributed by atoms with Crippen molar-refractivity contribution < 1.29 is 54.2 Å². The standard InChI is InChI=1S/C9H7F8NO4S/c1-3(8(12,13)14)4(19)22-7(5(18)20,9(15,16)17)21-2-6(10,11)23/h23H,1-2H2,(H2,18,20). The molecule has 0 aromatic rings. The number of hydrogen-bond donors (Lipinski definition) is 2. The van der Waals surface area contributed by atoms with Crippen molar-refractivity contribution in [2.45, 2.75) is 23.4 Å². The van der Waals surface area contributed by atoms with Crippen molar-refractivity contribution in [3.05, 3.63) is 12.2 Å². The van der Waals surface area contributed by atoms with Gasteiger partial charge in [-0.05, 0) is 0 Å². The lowest BCUT2D eigenvalue weighted by Crippen LogP contribution is -2.61. The fraction of sp³-hybridized carbons (Fsp3) is 0.556. The van der Waals surface area contributed by atoms with Gasteiger partial charge in [0, 0.05) is 0 Å². The smallest absolute Gasteiger partial charge is 0.412 e. The van der Waals surface area contributed by atoms with Gasteiger partial charge in [0.2, 0.25) is 0 Å². The zero-order valence-electron chi connectivity index (χ0n) is 10.6. The second-order valence-electron chi connectivity index (χ2n) is 3.80. The monoisotopic (exact) mass is 377 g/mol. The van der Waals surface area contributed by atoms with Crippen LogP contribution in [0, 0.1) is 0 Å². The number of primary amides is 1. The number of thiol groups is 1. The minimum absolute atomic E-state index is 2.12. The molecule has 23 heavy (non-hydrogen) atoms. The molecule has 1 amide bonds. The van der Waals surface area contributed by atoms with E-state index in [1.54, 1.807) is 0 Å². The van der Waals surface area contributed by atoms with Gasteiger partial charge in [-0.1, -0.05) is 6.58 Å². The lowest BCUT2D eigenvalue weighted by molar-refractivity contribution is -0.351. The largest absolute Gasteiger partial charge is 0.466 e. The quantitative estimate of drug-likeness (QED) is 0.244. The molecule has 0 fully saturated rings. The summed E-state index contributed by atoms with van der Waals surface area (Å²) in [6, 6.07) is 0. The fourth-order valence-electron chi connectivity index (χ4n) is 0.927. The van der Waals surface area contributed by atoms with E-state index < -0.39 is 47.5 Å². The van der Waals surface area contributed by atoms with Crippen LogP contribution in [-0.2, 0) is 19.1 Å². The maximum absolute atomic E-state index is 12.8. The Morgan fingerprint density at radius 2 is 1.48 bits per heavy atom. The molecular formula is C9H7F8NO4S. The first-order chi connectivity index (χ1) is 9.94. The first-order valence-corrected chi connectivity index (χ1v) is 5.49. The van der Waals surface area contributed by atoms with Crippen LogP contribution in [0.25, 0.3) is 0 Å². The van der Waals surface area contributed by atoms with Crippen LogP contribution in [0.4, 0.5) is 35.1 Å². The van der Waals surface area contributed by atoms with Crippen LogP contribution in [0.5, 0.6) is 0 Å². The van der Waals surface area contributed by atoms with Crippen molar-refractivity contribution in [2.75, 3.05) is 6.61 Å². The molecule has 0 aromatic carbocycles. The van der Waals surface area contributed by atoms with E-state index in [4.69, 9.17) is 0 Å². The summed E-state index contributed by atoms with van der Waals surface area (Å²) in [6.07, 6.45) is -11.6. The molecule has 0 saturated carbocycles. The normalized spacial score (nSPS) is 15.7. The number of ether oxygens (including phenoxy) is 2. The van der Waals surface area contributed by atoms with Gasteiger partial charge in [0.25, 0.3) is 0 Å². The molecule has 134 valence electrons. The Labute approximate surface area is 127 Å². The molecule has 0 bridgehead atoms. The zero-order valence-corrected chi connectivity index (χ0v) is 11.5. The van der Waals surface area contributed by atoms with Crippen LogP contribution < -0.4 is 5.73 Å². The summed E-state index contributed by atoms with van der Waals surface area (Å²) < 4.78 is 107. The van der Waals surface area contributed by atoms with E-state index in [0.717, 1.165) is 0 Å². The van der Waals surface area contributed by atoms with Gasteiger partial charge in [0.1, 0.15) is 12.2 Å². The van der Waals surface area contributed by atoms with E-state index in [-0.39, 0.29) is 0 Å². The van der Waals surface area contributed by atoms with Gasteiger partial charge < -0.3 is 15.2 Å². The third kappa shape index (κ3) is 5.53. The van der Waals surface area contributed by atoms with Crippen molar-refractivity contribution in [3.8, 4) is 0 Å². The maximum atomic E-state index is 12.8. The lowest BCUT2D eigenvalue weighted by atomic mass is 10.2. The number of carbonyl (C=O) groups is 2. The Morgan fingerprint density at radius 3 is 1.74 bits per heavy atom. The summed E-state index contributed by atoms with van der Waals surface area (Å²) in [7, 11) is 0. The van der Waals surface area contributed by atoms with Crippen LogP contribution in [-0.4, -0.2) is 41.9 Å². The summed E-state index contributed by atoms with van der Waals surface area (Å²) in [5.41, 5.74) is 1.85. The minimum atomic E-state index is -6.07. The van der Waals surface area contributed by atoms with Crippen LogP contribution >= 0.6 is 12.6 Å². The molecule has 5 nitrogen and oxygen atoms in total. The molecule has 2 N–H and O–H groups in total. The van der Waals surface area contributed by atoms with Crippen molar-refractivity contribution in [1.29, 1.82) is 0 Å². The van der Waals surface area contributed by atoms with E-state index in [2.05, 4.69) is 34.4 Å². The predicted molar refractivity (Wildman–Crippen MR) is 59.2 cm³/mol. The van der Waals surface area contributed by atoms with E-state index in [1.807, 2.05) is 0 Å². The number of halogens is 8. The fourth-order valence-corrected chi connectivity index (χ4v) is 0.991. The second-order valence-corrected chi connectivity index (χ2v) is 4.45. The van der Waals surface area contributed by atoms with Crippen molar-refractivity contribution in [3.63, 3.8) is 0 Å². The van der Waals surface area contributed by atoms with Gasteiger partial charge in [-0.15, -0.1) is 12.6 Å². The number of hydrogen-bond acceptors (Lipinski definition) is 5. The van der Waals surface area contributed by atoms with Crippen LogP contribution in [0.3, 0.4) is 0 Å². The molecule has 0 radical (unpaired) electrons. The maximum Gasteiger partial charge on any atom is 0.466 e. The third-order valence-corrected chi connectivity index (χ3v) is 2.10. The molecule has 0 rings (SSSR count). The molecule has 0 aliphatic heterocycles. The van der Waals surface area contributed by atoms with Crippen molar-refractivity contribution >= 4 is 24.5 Å². The van der Waals surface area contributed by atoms with Crippen molar-refractivity contribution in [2.24, 2.45) is 5.73 Å². The summed E-state index contributed by atoms with van der Waals surface area (Å²) in [5, 5.41) is -4.25. The molecular weight excluding hydrogens is 370 g/mol. The van der Waals surface area contributed by atoms with E-state index in [1.165, 1.54) is 0 Å². The lowest BCUT2D eigenvalue weighted by Gasteiger charge is -2.32. The number of alkyl halides is 8. The summed E-state index contributed by atoms with van der Waals surface area (Å²) in [4.78, 5) is 22.0.